The lowest BCUT2D eigenvalue weighted by atomic mass is 10.0. The van der Waals surface area contributed by atoms with E-state index in [1.807, 2.05) is 30.3 Å². The van der Waals surface area contributed by atoms with Gasteiger partial charge in [-0.2, -0.15) is 0 Å². The molecule has 114 valence electrons. The molecule has 1 aromatic carbocycles. The summed E-state index contributed by atoms with van der Waals surface area (Å²) < 4.78 is 5.81. The maximum absolute atomic E-state index is 11.4. The summed E-state index contributed by atoms with van der Waals surface area (Å²) in [6.07, 6.45) is 5.43. The van der Waals surface area contributed by atoms with Crippen molar-refractivity contribution in [3.8, 4) is 5.75 Å². The Morgan fingerprint density at radius 1 is 1.05 bits per heavy atom. The molecule has 0 spiro atoms. The molecule has 3 rings (SSSR count). The maximum atomic E-state index is 11.4. The van der Waals surface area contributed by atoms with E-state index in [2.05, 4.69) is 9.80 Å². The molecular formula is C17H24N2O2. The molecule has 2 fully saturated rings. The van der Waals surface area contributed by atoms with E-state index in [0.29, 0.717) is 6.04 Å². The van der Waals surface area contributed by atoms with Gasteiger partial charge in [0.1, 0.15) is 5.75 Å². The van der Waals surface area contributed by atoms with Gasteiger partial charge in [0, 0.05) is 19.1 Å². The first kappa shape index (κ1) is 14.5. The minimum Gasteiger partial charge on any atom is -0.468 e. The van der Waals surface area contributed by atoms with Crippen molar-refractivity contribution in [3.05, 3.63) is 30.3 Å². The Labute approximate surface area is 126 Å². The first-order chi connectivity index (χ1) is 10.4. The Kier molecular flexibility index (Phi) is 4.88. The molecule has 1 atom stereocenters. The predicted molar refractivity (Wildman–Crippen MR) is 82.3 cm³/mol. The summed E-state index contributed by atoms with van der Waals surface area (Å²) in [5, 5.41) is 0. The third kappa shape index (κ3) is 3.63. The zero-order chi connectivity index (χ0) is 14.5. The number of carbonyl (C=O) groups is 1. The number of piperidine rings is 1. The summed E-state index contributed by atoms with van der Waals surface area (Å²) >= 11 is 0. The van der Waals surface area contributed by atoms with Crippen LogP contribution in [0.3, 0.4) is 0 Å². The standard InChI is InChI=1S/C17H24N2O2/c20-14-17(21-16-6-2-1-3-7-16)19-12-8-15(9-13-19)18-10-4-5-11-18/h1-3,6-7,14-15,17H,4-5,8-13H2. The molecule has 0 bridgehead atoms. The molecule has 2 heterocycles. The van der Waals surface area contributed by atoms with Crippen LogP contribution >= 0.6 is 0 Å². The van der Waals surface area contributed by atoms with Gasteiger partial charge >= 0.3 is 0 Å². The average molecular weight is 288 g/mol. The van der Waals surface area contributed by atoms with E-state index in [0.717, 1.165) is 38.0 Å². The van der Waals surface area contributed by atoms with Crippen molar-refractivity contribution in [2.45, 2.75) is 38.0 Å². The van der Waals surface area contributed by atoms with E-state index in [1.54, 1.807) is 0 Å². The van der Waals surface area contributed by atoms with Crippen LogP contribution in [0.15, 0.2) is 30.3 Å². The Morgan fingerprint density at radius 2 is 1.71 bits per heavy atom. The molecule has 0 radical (unpaired) electrons. The highest BCUT2D eigenvalue weighted by Gasteiger charge is 2.29. The van der Waals surface area contributed by atoms with Gasteiger partial charge in [0.15, 0.2) is 6.29 Å². The SMILES string of the molecule is O=CC(Oc1ccccc1)N1CCC(N2CCCC2)CC1. The molecule has 0 amide bonds. The van der Waals surface area contributed by atoms with Gasteiger partial charge in [0.2, 0.25) is 6.23 Å². The largest absolute Gasteiger partial charge is 0.468 e. The number of rotatable bonds is 5. The lowest BCUT2D eigenvalue weighted by Crippen LogP contribution is -2.49. The number of ether oxygens (including phenoxy) is 1. The molecule has 0 aromatic heterocycles. The molecule has 1 unspecified atom stereocenters. The van der Waals surface area contributed by atoms with Crippen molar-refractivity contribution in [3.63, 3.8) is 0 Å². The van der Waals surface area contributed by atoms with E-state index in [1.165, 1.54) is 25.9 Å². The van der Waals surface area contributed by atoms with Crippen LogP contribution in [0.25, 0.3) is 0 Å². The third-order valence-corrected chi connectivity index (χ3v) is 4.63. The summed E-state index contributed by atoms with van der Waals surface area (Å²) in [6, 6.07) is 10.3. The van der Waals surface area contributed by atoms with E-state index < -0.39 is 6.23 Å². The average Bonchev–Trinajstić information content (AvgIpc) is 3.08. The van der Waals surface area contributed by atoms with Crippen molar-refractivity contribution < 1.29 is 9.53 Å². The molecule has 4 heteroatoms. The molecule has 0 saturated carbocycles. The van der Waals surface area contributed by atoms with Crippen LogP contribution in [0.5, 0.6) is 5.75 Å². The van der Waals surface area contributed by atoms with Crippen LogP contribution in [0, 0.1) is 0 Å². The zero-order valence-electron chi connectivity index (χ0n) is 12.5. The number of benzene rings is 1. The van der Waals surface area contributed by atoms with Crippen LogP contribution < -0.4 is 4.74 Å². The Balaban J connectivity index is 1.53. The molecular weight excluding hydrogens is 264 g/mol. The van der Waals surface area contributed by atoms with Gasteiger partial charge in [-0.25, -0.2) is 0 Å². The summed E-state index contributed by atoms with van der Waals surface area (Å²) in [7, 11) is 0. The third-order valence-electron chi connectivity index (χ3n) is 4.63. The molecule has 4 nitrogen and oxygen atoms in total. The Bertz CT molecular complexity index is 437. The van der Waals surface area contributed by atoms with Crippen molar-refractivity contribution >= 4 is 6.29 Å². The molecule has 21 heavy (non-hydrogen) atoms. The van der Waals surface area contributed by atoms with Gasteiger partial charge in [-0.15, -0.1) is 0 Å². The van der Waals surface area contributed by atoms with Gasteiger partial charge in [-0.1, -0.05) is 18.2 Å². The predicted octanol–water partition coefficient (Wildman–Crippen LogP) is 2.15. The fraction of sp³-hybridized carbons (Fsp3) is 0.588. The quantitative estimate of drug-likeness (QED) is 0.777. The number of para-hydroxylation sites is 1. The van der Waals surface area contributed by atoms with Crippen LogP contribution in [-0.2, 0) is 4.79 Å². The monoisotopic (exact) mass is 288 g/mol. The van der Waals surface area contributed by atoms with E-state index in [-0.39, 0.29) is 0 Å². The first-order valence-electron chi connectivity index (χ1n) is 8.02. The van der Waals surface area contributed by atoms with Gasteiger partial charge in [0.25, 0.3) is 0 Å². The Hall–Kier alpha value is -1.39. The topological polar surface area (TPSA) is 32.8 Å². The summed E-state index contributed by atoms with van der Waals surface area (Å²) in [6.45, 7) is 4.39. The van der Waals surface area contributed by atoms with Gasteiger partial charge in [-0.05, 0) is 50.9 Å². The molecule has 2 aliphatic rings. The maximum Gasteiger partial charge on any atom is 0.209 e. The summed E-state index contributed by atoms with van der Waals surface area (Å²) in [4.78, 5) is 16.1. The number of carbonyl (C=O) groups excluding carboxylic acids is 1. The lowest BCUT2D eigenvalue weighted by Gasteiger charge is -2.38. The van der Waals surface area contributed by atoms with Crippen molar-refractivity contribution in [2.24, 2.45) is 0 Å². The highest BCUT2D eigenvalue weighted by Crippen LogP contribution is 2.22. The van der Waals surface area contributed by atoms with Crippen LogP contribution in [-0.4, -0.2) is 54.5 Å². The van der Waals surface area contributed by atoms with Crippen LogP contribution in [0.1, 0.15) is 25.7 Å². The van der Waals surface area contributed by atoms with Crippen molar-refractivity contribution in [2.75, 3.05) is 26.2 Å². The summed E-state index contributed by atoms with van der Waals surface area (Å²) in [5.74, 6) is 0.760. The number of nitrogens with zero attached hydrogens (tertiary/aromatic N) is 2. The highest BCUT2D eigenvalue weighted by molar-refractivity contribution is 5.56. The number of hydrogen-bond donors (Lipinski definition) is 0. The normalized spacial score (nSPS) is 23.0. The smallest absolute Gasteiger partial charge is 0.209 e. The molecule has 1 aromatic rings. The molecule has 2 saturated heterocycles. The van der Waals surface area contributed by atoms with E-state index in [9.17, 15) is 4.79 Å². The summed E-state index contributed by atoms with van der Waals surface area (Å²) in [5.41, 5.74) is 0. The molecule has 0 aliphatic carbocycles. The minimum atomic E-state index is -0.452. The lowest BCUT2D eigenvalue weighted by molar-refractivity contribution is -0.123. The second-order valence-corrected chi connectivity index (χ2v) is 5.97. The zero-order valence-corrected chi connectivity index (χ0v) is 12.5. The highest BCUT2D eigenvalue weighted by atomic mass is 16.5. The minimum absolute atomic E-state index is 0.452. The number of likely N-dealkylation sites (tertiary alicyclic amines) is 2. The first-order valence-corrected chi connectivity index (χ1v) is 8.02. The van der Waals surface area contributed by atoms with Crippen molar-refractivity contribution in [1.82, 2.24) is 9.80 Å². The van der Waals surface area contributed by atoms with Crippen LogP contribution in [0.2, 0.25) is 0 Å². The molecule has 2 aliphatic heterocycles. The van der Waals surface area contributed by atoms with Gasteiger partial charge in [0.05, 0.1) is 0 Å². The second kappa shape index (κ2) is 7.05. The molecule has 0 N–H and O–H groups in total. The van der Waals surface area contributed by atoms with Gasteiger partial charge < -0.3 is 9.64 Å². The number of aldehydes is 1. The Morgan fingerprint density at radius 3 is 2.33 bits per heavy atom. The number of hydrogen-bond acceptors (Lipinski definition) is 4. The van der Waals surface area contributed by atoms with E-state index >= 15 is 0 Å². The van der Waals surface area contributed by atoms with Crippen LogP contribution in [0.4, 0.5) is 0 Å². The fourth-order valence-corrected chi connectivity index (χ4v) is 3.44. The second-order valence-electron chi connectivity index (χ2n) is 5.97. The fourth-order valence-electron chi connectivity index (χ4n) is 3.44. The van der Waals surface area contributed by atoms with Crippen molar-refractivity contribution in [1.29, 1.82) is 0 Å². The van der Waals surface area contributed by atoms with Gasteiger partial charge in [-0.3, -0.25) is 9.69 Å². The van der Waals surface area contributed by atoms with E-state index in [4.69, 9.17) is 4.74 Å².